The van der Waals surface area contributed by atoms with Crippen molar-refractivity contribution in [2.75, 3.05) is 7.11 Å². The van der Waals surface area contributed by atoms with E-state index < -0.39 is 0 Å². The molecule has 2 aromatic rings. The standard InChI is InChI=1S/C8H8ClN3O2/c1-14-7-3-12-6(2-10-7)11-5(4-13)8(12)9/h2-3,13H,4H2,1H3. The van der Waals surface area contributed by atoms with Crippen LogP contribution in [0.2, 0.25) is 5.15 Å². The highest BCUT2D eigenvalue weighted by Gasteiger charge is 2.09. The second-order valence-corrected chi connectivity index (χ2v) is 3.02. The van der Waals surface area contributed by atoms with Crippen LogP contribution in [0.25, 0.3) is 5.65 Å². The van der Waals surface area contributed by atoms with E-state index in [-0.39, 0.29) is 6.61 Å². The number of fused-ring (bicyclic) bond motifs is 1. The lowest BCUT2D eigenvalue weighted by Crippen LogP contribution is -1.92. The summed E-state index contributed by atoms with van der Waals surface area (Å²) in [7, 11) is 1.52. The van der Waals surface area contributed by atoms with Crippen LogP contribution in [0.5, 0.6) is 5.88 Å². The highest BCUT2D eigenvalue weighted by molar-refractivity contribution is 6.30. The van der Waals surface area contributed by atoms with E-state index in [1.807, 2.05) is 0 Å². The maximum Gasteiger partial charge on any atom is 0.230 e. The van der Waals surface area contributed by atoms with Crippen LogP contribution in [0.15, 0.2) is 12.4 Å². The molecule has 74 valence electrons. The first-order valence-corrected chi connectivity index (χ1v) is 4.31. The number of nitrogens with zero attached hydrogens (tertiary/aromatic N) is 3. The van der Waals surface area contributed by atoms with Gasteiger partial charge in [0.15, 0.2) is 5.65 Å². The SMILES string of the molecule is COc1cn2c(Cl)c(CO)nc2cn1. The summed E-state index contributed by atoms with van der Waals surface area (Å²) < 4.78 is 6.55. The molecule has 0 bridgehead atoms. The van der Waals surface area contributed by atoms with Gasteiger partial charge in [0.05, 0.1) is 26.1 Å². The molecule has 0 saturated carbocycles. The van der Waals surface area contributed by atoms with Crippen LogP contribution in [-0.2, 0) is 6.61 Å². The van der Waals surface area contributed by atoms with E-state index in [2.05, 4.69) is 9.97 Å². The molecule has 2 aromatic heterocycles. The molecule has 1 N–H and O–H groups in total. The van der Waals surface area contributed by atoms with Gasteiger partial charge in [-0.25, -0.2) is 9.97 Å². The summed E-state index contributed by atoms with van der Waals surface area (Å²) in [5, 5.41) is 9.31. The Bertz CT molecular complexity index is 469. The van der Waals surface area contributed by atoms with Gasteiger partial charge in [0.25, 0.3) is 0 Å². The molecule has 0 atom stereocenters. The van der Waals surface area contributed by atoms with Crippen molar-refractivity contribution in [2.24, 2.45) is 0 Å². The Morgan fingerprint density at radius 3 is 3.07 bits per heavy atom. The highest BCUT2D eigenvalue weighted by Crippen LogP contribution is 2.19. The Labute approximate surface area is 84.9 Å². The van der Waals surface area contributed by atoms with Crippen molar-refractivity contribution in [3.8, 4) is 5.88 Å². The molecule has 0 aliphatic carbocycles. The number of halogens is 1. The van der Waals surface area contributed by atoms with Crippen molar-refractivity contribution in [2.45, 2.75) is 6.61 Å². The minimum atomic E-state index is -0.192. The van der Waals surface area contributed by atoms with Crippen LogP contribution in [0.1, 0.15) is 5.69 Å². The van der Waals surface area contributed by atoms with Crippen molar-refractivity contribution in [3.05, 3.63) is 23.2 Å². The molecule has 5 nitrogen and oxygen atoms in total. The maximum absolute atomic E-state index is 8.93. The van der Waals surface area contributed by atoms with Crippen molar-refractivity contribution in [1.82, 2.24) is 14.4 Å². The number of ether oxygens (including phenoxy) is 1. The normalized spacial score (nSPS) is 10.8. The largest absolute Gasteiger partial charge is 0.480 e. The van der Waals surface area contributed by atoms with Gasteiger partial charge in [0.2, 0.25) is 5.88 Å². The van der Waals surface area contributed by atoms with Gasteiger partial charge in [-0.1, -0.05) is 11.6 Å². The first-order valence-electron chi connectivity index (χ1n) is 3.93. The average Bonchev–Trinajstić information content (AvgIpc) is 2.55. The molecule has 0 aromatic carbocycles. The molecular formula is C8H8ClN3O2. The van der Waals surface area contributed by atoms with E-state index in [0.717, 1.165) is 0 Å². The van der Waals surface area contributed by atoms with Gasteiger partial charge in [-0.15, -0.1) is 0 Å². The fourth-order valence-corrected chi connectivity index (χ4v) is 1.40. The highest BCUT2D eigenvalue weighted by atomic mass is 35.5. The molecule has 0 aliphatic rings. The van der Waals surface area contributed by atoms with Crippen molar-refractivity contribution >= 4 is 17.2 Å². The van der Waals surface area contributed by atoms with Crippen LogP contribution in [0, 0.1) is 0 Å². The third-order valence-electron chi connectivity index (χ3n) is 1.85. The van der Waals surface area contributed by atoms with Crippen molar-refractivity contribution in [1.29, 1.82) is 0 Å². The lowest BCUT2D eigenvalue weighted by Gasteiger charge is -1.98. The van der Waals surface area contributed by atoms with Crippen molar-refractivity contribution in [3.63, 3.8) is 0 Å². The molecule has 0 amide bonds. The average molecular weight is 214 g/mol. The first kappa shape index (κ1) is 9.23. The van der Waals surface area contributed by atoms with Gasteiger partial charge in [-0.05, 0) is 0 Å². The fraction of sp³-hybridized carbons (Fsp3) is 0.250. The number of aromatic nitrogens is 3. The van der Waals surface area contributed by atoms with Gasteiger partial charge >= 0.3 is 0 Å². The quantitative estimate of drug-likeness (QED) is 0.805. The van der Waals surface area contributed by atoms with E-state index in [4.69, 9.17) is 21.4 Å². The lowest BCUT2D eigenvalue weighted by molar-refractivity contribution is 0.277. The monoisotopic (exact) mass is 213 g/mol. The van der Waals surface area contributed by atoms with Crippen LogP contribution < -0.4 is 4.74 Å². The minimum absolute atomic E-state index is 0.192. The first-order chi connectivity index (χ1) is 6.76. The Balaban J connectivity index is 2.68. The van der Waals surface area contributed by atoms with E-state index in [9.17, 15) is 0 Å². The molecule has 6 heteroatoms. The number of methoxy groups -OCH3 is 1. The van der Waals surface area contributed by atoms with Crippen LogP contribution in [-0.4, -0.2) is 26.6 Å². The molecule has 14 heavy (non-hydrogen) atoms. The zero-order chi connectivity index (χ0) is 10.1. The maximum atomic E-state index is 8.93. The number of rotatable bonds is 2. The molecule has 2 heterocycles. The molecule has 0 saturated heterocycles. The predicted octanol–water partition coefficient (Wildman–Crippen LogP) is 0.884. The second kappa shape index (κ2) is 3.43. The lowest BCUT2D eigenvalue weighted by atomic mass is 10.5. The van der Waals surface area contributed by atoms with Gasteiger partial charge in [-0.2, -0.15) is 0 Å². The summed E-state index contributed by atoms with van der Waals surface area (Å²) in [5.74, 6) is 0.446. The zero-order valence-electron chi connectivity index (χ0n) is 7.44. The van der Waals surface area contributed by atoms with Gasteiger partial charge < -0.3 is 9.84 Å². The summed E-state index contributed by atoms with van der Waals surface area (Å²) in [6, 6.07) is 0. The Morgan fingerprint density at radius 1 is 1.64 bits per heavy atom. The Kier molecular flexibility index (Phi) is 2.26. The van der Waals surface area contributed by atoms with Crippen LogP contribution >= 0.6 is 11.6 Å². The molecular weight excluding hydrogens is 206 g/mol. The third-order valence-corrected chi connectivity index (χ3v) is 2.25. The van der Waals surface area contributed by atoms with Gasteiger partial charge in [0, 0.05) is 0 Å². The minimum Gasteiger partial charge on any atom is -0.480 e. The molecule has 0 spiro atoms. The summed E-state index contributed by atoms with van der Waals surface area (Å²) in [4.78, 5) is 8.04. The van der Waals surface area contributed by atoms with E-state index in [1.54, 1.807) is 10.6 Å². The van der Waals surface area contributed by atoms with Gasteiger partial charge in [-0.3, -0.25) is 4.40 Å². The number of imidazole rings is 1. The Morgan fingerprint density at radius 2 is 2.43 bits per heavy atom. The van der Waals surface area contributed by atoms with E-state index in [1.165, 1.54) is 13.3 Å². The number of aliphatic hydroxyl groups excluding tert-OH is 1. The van der Waals surface area contributed by atoms with E-state index >= 15 is 0 Å². The number of hydrogen-bond acceptors (Lipinski definition) is 4. The molecule has 0 unspecified atom stereocenters. The fourth-order valence-electron chi connectivity index (χ4n) is 1.16. The topological polar surface area (TPSA) is 59.7 Å². The Hall–Kier alpha value is -1.33. The summed E-state index contributed by atoms with van der Waals surface area (Å²) in [5.41, 5.74) is 1.02. The molecule has 2 rings (SSSR count). The molecule has 0 aliphatic heterocycles. The second-order valence-electron chi connectivity index (χ2n) is 2.67. The number of aliphatic hydroxyl groups is 1. The third kappa shape index (κ3) is 1.30. The smallest absolute Gasteiger partial charge is 0.230 e. The summed E-state index contributed by atoms with van der Waals surface area (Å²) in [6.45, 7) is -0.192. The van der Waals surface area contributed by atoms with E-state index in [0.29, 0.717) is 22.4 Å². The zero-order valence-corrected chi connectivity index (χ0v) is 8.19. The number of hydrogen-bond donors (Lipinski definition) is 1. The predicted molar refractivity (Wildman–Crippen MR) is 50.5 cm³/mol. The summed E-state index contributed by atoms with van der Waals surface area (Å²) in [6.07, 6.45) is 3.15. The molecule has 0 fully saturated rings. The summed E-state index contributed by atoms with van der Waals surface area (Å²) >= 11 is 5.94. The molecule has 0 radical (unpaired) electrons. The van der Waals surface area contributed by atoms with Crippen LogP contribution in [0.3, 0.4) is 0 Å². The van der Waals surface area contributed by atoms with Crippen LogP contribution in [0.4, 0.5) is 0 Å². The van der Waals surface area contributed by atoms with Gasteiger partial charge in [0.1, 0.15) is 10.8 Å². The van der Waals surface area contributed by atoms with Crippen molar-refractivity contribution < 1.29 is 9.84 Å².